The highest BCUT2D eigenvalue weighted by molar-refractivity contribution is 8.00. The van der Waals surface area contributed by atoms with Gasteiger partial charge < -0.3 is 35.9 Å². The lowest BCUT2D eigenvalue weighted by Crippen LogP contribution is -2.71. The average Bonchev–Trinajstić information content (AvgIpc) is 3.25. The number of nitrogens with zero attached hydrogens (tertiary/aromatic N) is 5. The Kier molecular flexibility index (Phi) is 7.43. The number of carboxylic acids is 2. The van der Waals surface area contributed by atoms with Gasteiger partial charge in [0.25, 0.3) is 11.8 Å². The number of anilines is 1. The molecule has 17 heteroatoms. The number of β-lactam (4-membered cyclic amide) rings is 1. The summed E-state index contributed by atoms with van der Waals surface area (Å²) >= 11 is 2.15. The third kappa shape index (κ3) is 5.28. The van der Waals surface area contributed by atoms with Crippen molar-refractivity contribution >= 4 is 57.9 Å². The van der Waals surface area contributed by atoms with Crippen molar-refractivity contribution in [3.63, 3.8) is 0 Å². The van der Waals surface area contributed by atoms with Crippen molar-refractivity contribution in [2.45, 2.75) is 11.4 Å². The lowest BCUT2D eigenvalue weighted by molar-refractivity contribution is -0.906. The molecule has 1 aromatic rings. The third-order valence-corrected chi connectivity index (χ3v) is 7.86. The number of amides is 2. The number of nitrogens with two attached hydrogens (primary N) is 1. The number of likely N-dealkylation sites (N-methyl/N-ethyl adjacent to an activating group) is 1. The number of aliphatic carboxylic acids is 2. The Balaban J connectivity index is 1.51. The molecular formula is C19H25N8O7S2+. The fraction of sp³-hybridized carbons (Fsp3) is 0.526. The molecule has 3 aliphatic rings. The molecule has 1 aromatic heterocycles. The van der Waals surface area contributed by atoms with E-state index in [9.17, 15) is 24.3 Å². The van der Waals surface area contributed by atoms with Crippen LogP contribution in [-0.4, -0.2) is 122 Å². The zero-order valence-electron chi connectivity index (χ0n) is 19.2. The van der Waals surface area contributed by atoms with E-state index in [2.05, 4.69) is 37.0 Å². The van der Waals surface area contributed by atoms with Gasteiger partial charge in [0.1, 0.15) is 23.7 Å². The zero-order valence-corrected chi connectivity index (χ0v) is 20.8. The fourth-order valence-corrected chi connectivity index (χ4v) is 6.01. The third-order valence-electron chi connectivity index (χ3n) is 5.98. The van der Waals surface area contributed by atoms with E-state index in [0.717, 1.165) is 37.7 Å². The Bertz CT molecular complexity index is 1150. The van der Waals surface area contributed by atoms with E-state index < -0.39 is 47.5 Å². The van der Waals surface area contributed by atoms with Gasteiger partial charge in [-0.25, -0.2) is 9.59 Å². The Labute approximate surface area is 213 Å². The van der Waals surface area contributed by atoms with E-state index >= 15 is 0 Å². The van der Waals surface area contributed by atoms with Crippen LogP contribution in [0.4, 0.5) is 5.13 Å². The van der Waals surface area contributed by atoms with Gasteiger partial charge in [-0.1, -0.05) is 5.16 Å². The SMILES string of the molecule is C[N+]1(CC2=C(C(=O)O)N3C(=O)[C@@H](NC(=O)C(=NOCC(=O)O)c4nsc(N)n4)[C@H]3SC2)CCNCC1. The van der Waals surface area contributed by atoms with Crippen LogP contribution < -0.4 is 16.4 Å². The number of nitrogens with one attached hydrogen (secondary N) is 2. The van der Waals surface area contributed by atoms with E-state index in [0.29, 0.717) is 22.4 Å². The van der Waals surface area contributed by atoms with Crippen LogP contribution in [0.15, 0.2) is 16.4 Å². The van der Waals surface area contributed by atoms with Gasteiger partial charge in [0, 0.05) is 35.9 Å². The summed E-state index contributed by atoms with van der Waals surface area (Å²) in [7, 11) is 2.07. The second kappa shape index (κ2) is 10.4. The molecule has 0 saturated carbocycles. The maximum absolute atomic E-state index is 13.0. The van der Waals surface area contributed by atoms with Crippen molar-refractivity contribution in [1.29, 1.82) is 0 Å². The second-order valence-electron chi connectivity index (χ2n) is 8.66. The van der Waals surface area contributed by atoms with E-state index in [1.807, 2.05) is 0 Å². The molecule has 4 heterocycles. The molecule has 0 aliphatic carbocycles. The molecule has 194 valence electrons. The number of oxime groups is 1. The Hall–Kier alpha value is -3.28. The number of nitrogen functional groups attached to an aromatic ring is 1. The summed E-state index contributed by atoms with van der Waals surface area (Å²) < 4.78 is 4.56. The van der Waals surface area contributed by atoms with E-state index in [4.69, 9.17) is 10.8 Å². The van der Waals surface area contributed by atoms with Crippen LogP contribution in [0.3, 0.4) is 0 Å². The first-order chi connectivity index (χ1) is 17.1. The number of thioether (sulfide) groups is 1. The molecule has 3 aliphatic heterocycles. The standard InChI is InChI=1S/C19H24N8O7S2/c1-27(4-2-21-3-5-27)6-9-8-35-17-12(16(31)26(17)13(9)18(32)33)22-15(30)11(24-34-7-10(28)29)14-23-19(20)36-25-14/h12,17,21H,2-8H2,1H3,(H4-,20,22,23,25,28,29,30,32,33)/p+1/t12-,17-/m1/s1. The molecule has 36 heavy (non-hydrogen) atoms. The average molecular weight is 542 g/mol. The number of fused-ring (bicyclic) bond motifs is 1. The predicted octanol–water partition coefficient (Wildman–Crippen LogP) is -2.29. The first-order valence-corrected chi connectivity index (χ1v) is 12.7. The van der Waals surface area contributed by atoms with Gasteiger partial charge in [0.15, 0.2) is 5.13 Å². The first-order valence-electron chi connectivity index (χ1n) is 10.9. The topological polar surface area (TPSA) is 209 Å². The molecular weight excluding hydrogens is 516 g/mol. The van der Waals surface area contributed by atoms with Gasteiger partial charge in [-0.3, -0.25) is 14.5 Å². The summed E-state index contributed by atoms with van der Waals surface area (Å²) in [6.45, 7) is 3.06. The van der Waals surface area contributed by atoms with Crippen LogP contribution >= 0.6 is 23.3 Å². The zero-order chi connectivity index (χ0) is 26.0. The molecule has 0 unspecified atom stereocenters. The molecule has 15 nitrogen and oxygen atoms in total. The smallest absolute Gasteiger partial charge is 0.352 e. The lowest BCUT2D eigenvalue weighted by atomic mass is 10.0. The minimum absolute atomic E-state index is 0.0419. The van der Waals surface area contributed by atoms with Crippen molar-refractivity contribution in [2.75, 3.05) is 57.9 Å². The van der Waals surface area contributed by atoms with Gasteiger partial charge in [-0.05, 0) is 0 Å². The number of carboxylic acid groups (broad SMARTS) is 2. The first kappa shape index (κ1) is 25.8. The van der Waals surface area contributed by atoms with E-state index in [1.165, 1.54) is 16.7 Å². The summed E-state index contributed by atoms with van der Waals surface area (Å²) in [5, 5.41) is 27.4. The Morgan fingerprint density at radius 2 is 2.06 bits per heavy atom. The monoisotopic (exact) mass is 541 g/mol. The number of carbonyl (C=O) groups is 4. The summed E-state index contributed by atoms with van der Waals surface area (Å²) in [5.74, 6) is -3.76. The van der Waals surface area contributed by atoms with Crippen LogP contribution in [0.25, 0.3) is 0 Å². The van der Waals surface area contributed by atoms with Crippen molar-refractivity contribution in [3.05, 3.63) is 17.1 Å². The number of aromatic nitrogens is 2. The molecule has 2 saturated heterocycles. The van der Waals surface area contributed by atoms with E-state index in [1.54, 1.807) is 0 Å². The maximum Gasteiger partial charge on any atom is 0.352 e. The minimum Gasteiger partial charge on any atom is -0.479 e. The number of hydrogen-bond donors (Lipinski definition) is 5. The largest absolute Gasteiger partial charge is 0.479 e. The van der Waals surface area contributed by atoms with Gasteiger partial charge in [0.05, 0.1) is 20.1 Å². The molecule has 0 spiro atoms. The maximum atomic E-state index is 13.0. The Morgan fingerprint density at radius 3 is 2.67 bits per heavy atom. The highest BCUT2D eigenvalue weighted by Gasteiger charge is 2.55. The molecule has 2 fully saturated rings. The quantitative estimate of drug-likeness (QED) is 0.0968. The van der Waals surface area contributed by atoms with Gasteiger partial charge in [-0.15, -0.1) is 11.8 Å². The summed E-state index contributed by atoms with van der Waals surface area (Å²) in [5.41, 5.74) is 5.75. The number of piperazine rings is 1. The molecule has 2 amide bonds. The molecule has 4 rings (SSSR count). The van der Waals surface area contributed by atoms with Gasteiger partial charge in [-0.2, -0.15) is 9.36 Å². The molecule has 2 atom stereocenters. The van der Waals surface area contributed by atoms with Gasteiger partial charge >= 0.3 is 11.9 Å². The number of rotatable bonds is 9. The predicted molar refractivity (Wildman–Crippen MR) is 128 cm³/mol. The fourth-order valence-electron chi connectivity index (χ4n) is 4.24. The summed E-state index contributed by atoms with van der Waals surface area (Å²) in [6.07, 6.45) is 0. The van der Waals surface area contributed by atoms with Crippen LogP contribution in [0.5, 0.6) is 0 Å². The molecule has 0 aromatic carbocycles. The van der Waals surface area contributed by atoms with Crippen molar-refractivity contribution in [1.82, 2.24) is 24.9 Å². The number of carbonyl (C=O) groups excluding carboxylic acids is 2. The molecule has 0 radical (unpaired) electrons. The van der Waals surface area contributed by atoms with Crippen LogP contribution in [0, 0.1) is 0 Å². The minimum atomic E-state index is -1.31. The molecule has 6 N–H and O–H groups in total. The second-order valence-corrected chi connectivity index (χ2v) is 10.5. The van der Waals surface area contributed by atoms with Crippen LogP contribution in [-0.2, 0) is 24.0 Å². The highest BCUT2D eigenvalue weighted by atomic mass is 32.2. The van der Waals surface area contributed by atoms with Crippen molar-refractivity contribution in [2.24, 2.45) is 5.16 Å². The van der Waals surface area contributed by atoms with Crippen LogP contribution in [0.2, 0.25) is 0 Å². The van der Waals surface area contributed by atoms with E-state index in [-0.39, 0.29) is 16.7 Å². The lowest BCUT2D eigenvalue weighted by Gasteiger charge is -2.50. The van der Waals surface area contributed by atoms with Crippen molar-refractivity contribution < 1.29 is 38.7 Å². The Morgan fingerprint density at radius 1 is 1.33 bits per heavy atom. The van der Waals surface area contributed by atoms with Gasteiger partial charge in [0.2, 0.25) is 18.1 Å². The van der Waals surface area contributed by atoms with Crippen LogP contribution in [0.1, 0.15) is 5.82 Å². The van der Waals surface area contributed by atoms with Crippen molar-refractivity contribution in [3.8, 4) is 0 Å². The number of quaternary nitrogens is 1. The normalized spacial score (nSPS) is 23.5. The summed E-state index contributed by atoms with van der Waals surface area (Å²) in [6, 6.07) is -1.02. The highest BCUT2D eigenvalue weighted by Crippen LogP contribution is 2.41. The summed E-state index contributed by atoms with van der Waals surface area (Å²) in [4.78, 5) is 58.6. The molecule has 0 bridgehead atoms. The number of hydrogen-bond acceptors (Lipinski definition) is 12.